The van der Waals surface area contributed by atoms with Crippen LogP contribution >= 0.6 is 23.2 Å². The third-order valence-corrected chi connectivity index (χ3v) is 9.42. The van der Waals surface area contributed by atoms with Gasteiger partial charge in [0.05, 0.1) is 17.7 Å². The second-order valence-electron chi connectivity index (χ2n) is 12.0. The molecule has 2 aliphatic rings. The molecule has 2 aliphatic heterocycles. The van der Waals surface area contributed by atoms with E-state index in [2.05, 4.69) is 42.6 Å². The molecule has 1 N–H and O–H groups in total. The summed E-state index contributed by atoms with van der Waals surface area (Å²) in [6.07, 6.45) is 3.23. The molecule has 0 saturated carbocycles. The summed E-state index contributed by atoms with van der Waals surface area (Å²) < 4.78 is 5.85. The standard InChI is InChI=1S/C36H41Cl2N3O3/c1-24(29-10-4-5-11-31(29)37)18-19-40(3)36(43)35-30(21-28-22-41(25(2)42)23-33(35)39-28)27-16-14-26(15-17-27)9-8-20-44-34-13-7-6-12-32(34)38/h4-7,10-17,24,28,33,39H,8-9,18-23H2,1-3H3/t24-,28+,33+/m0/s1. The van der Waals surface area contributed by atoms with Gasteiger partial charge in [-0.15, -0.1) is 0 Å². The van der Waals surface area contributed by atoms with Gasteiger partial charge in [0, 0.05) is 50.2 Å². The Bertz CT molecular complexity index is 1510. The third-order valence-electron chi connectivity index (χ3n) is 8.77. The molecule has 232 valence electrons. The van der Waals surface area contributed by atoms with Crippen molar-refractivity contribution < 1.29 is 14.3 Å². The normalized spacial score (nSPS) is 18.6. The maximum absolute atomic E-state index is 14.1. The summed E-state index contributed by atoms with van der Waals surface area (Å²) in [6, 6.07) is 23.9. The first-order valence-corrected chi connectivity index (χ1v) is 16.2. The summed E-state index contributed by atoms with van der Waals surface area (Å²) in [5.74, 6) is 0.971. The van der Waals surface area contributed by atoms with Gasteiger partial charge in [0.1, 0.15) is 5.75 Å². The molecule has 0 radical (unpaired) electrons. The van der Waals surface area contributed by atoms with Crippen LogP contribution < -0.4 is 10.1 Å². The molecule has 0 aromatic heterocycles. The number of halogens is 2. The van der Waals surface area contributed by atoms with Crippen LogP contribution in [0.4, 0.5) is 0 Å². The van der Waals surface area contributed by atoms with Gasteiger partial charge >= 0.3 is 0 Å². The van der Waals surface area contributed by atoms with Gasteiger partial charge in [-0.1, -0.05) is 84.7 Å². The van der Waals surface area contributed by atoms with Crippen molar-refractivity contribution in [2.24, 2.45) is 0 Å². The number of ether oxygens (including phenoxy) is 1. The van der Waals surface area contributed by atoms with Crippen molar-refractivity contribution in [2.75, 3.05) is 33.3 Å². The largest absolute Gasteiger partial charge is 0.492 e. The number of rotatable bonds is 11. The van der Waals surface area contributed by atoms with Crippen molar-refractivity contribution in [3.05, 3.63) is 105 Å². The number of nitrogens with zero attached hydrogens (tertiary/aromatic N) is 2. The van der Waals surface area contributed by atoms with Gasteiger partial charge in [0.25, 0.3) is 5.91 Å². The molecule has 3 aromatic carbocycles. The summed E-state index contributed by atoms with van der Waals surface area (Å²) >= 11 is 12.6. The Balaban J connectivity index is 1.30. The van der Waals surface area contributed by atoms with E-state index in [4.69, 9.17) is 27.9 Å². The Morgan fingerprint density at radius 2 is 1.70 bits per heavy atom. The fourth-order valence-corrected chi connectivity index (χ4v) is 6.75. The van der Waals surface area contributed by atoms with Crippen molar-refractivity contribution in [3.8, 4) is 5.75 Å². The molecule has 1 saturated heterocycles. The van der Waals surface area contributed by atoms with Crippen molar-refractivity contribution in [3.63, 3.8) is 0 Å². The van der Waals surface area contributed by atoms with Gasteiger partial charge in [-0.25, -0.2) is 0 Å². The highest BCUT2D eigenvalue weighted by Crippen LogP contribution is 2.35. The Morgan fingerprint density at radius 3 is 2.41 bits per heavy atom. The highest BCUT2D eigenvalue weighted by molar-refractivity contribution is 6.32. The first-order valence-electron chi connectivity index (χ1n) is 15.4. The molecule has 3 atom stereocenters. The lowest BCUT2D eigenvalue weighted by atomic mass is 9.82. The Morgan fingerprint density at radius 1 is 1.00 bits per heavy atom. The number of fused-ring (bicyclic) bond motifs is 2. The molecule has 2 amide bonds. The van der Waals surface area contributed by atoms with Crippen molar-refractivity contribution in [1.82, 2.24) is 15.1 Å². The molecule has 0 aliphatic carbocycles. The summed E-state index contributed by atoms with van der Waals surface area (Å²) in [7, 11) is 1.87. The molecule has 2 heterocycles. The fraction of sp³-hybridized carbons (Fsp3) is 0.389. The summed E-state index contributed by atoms with van der Waals surface area (Å²) in [5, 5.41) is 5.02. The summed E-state index contributed by atoms with van der Waals surface area (Å²) in [4.78, 5) is 30.2. The van der Waals surface area contributed by atoms with Gasteiger partial charge in [-0.3, -0.25) is 9.59 Å². The number of benzene rings is 3. The van der Waals surface area contributed by atoms with E-state index >= 15 is 0 Å². The highest BCUT2D eigenvalue weighted by Gasteiger charge is 2.39. The summed E-state index contributed by atoms with van der Waals surface area (Å²) in [6.45, 7) is 6.07. The van der Waals surface area contributed by atoms with E-state index in [0.717, 1.165) is 46.6 Å². The first-order chi connectivity index (χ1) is 21.2. The first kappa shape index (κ1) is 32.1. The zero-order chi connectivity index (χ0) is 31.2. The lowest BCUT2D eigenvalue weighted by Crippen LogP contribution is -2.61. The van der Waals surface area contributed by atoms with Crippen LogP contribution in [0.5, 0.6) is 5.75 Å². The number of aryl methyl sites for hydroxylation is 1. The average molecular weight is 635 g/mol. The number of hydrogen-bond acceptors (Lipinski definition) is 4. The molecule has 0 spiro atoms. The fourth-order valence-electron chi connectivity index (χ4n) is 6.24. The second kappa shape index (κ2) is 14.6. The molecule has 3 aromatic rings. The number of para-hydroxylation sites is 1. The summed E-state index contributed by atoms with van der Waals surface area (Å²) in [5.41, 5.74) is 5.21. The topological polar surface area (TPSA) is 61.9 Å². The quantitative estimate of drug-likeness (QED) is 0.231. The van der Waals surface area contributed by atoms with E-state index in [1.54, 1.807) is 6.92 Å². The second-order valence-corrected chi connectivity index (χ2v) is 12.8. The molecule has 5 rings (SSSR count). The number of piperazine rings is 1. The highest BCUT2D eigenvalue weighted by atomic mass is 35.5. The van der Waals surface area contributed by atoms with Crippen molar-refractivity contribution in [2.45, 2.75) is 57.5 Å². The Hall–Kier alpha value is -3.32. The molecular weight excluding hydrogens is 593 g/mol. The predicted octanol–water partition coefficient (Wildman–Crippen LogP) is 7.00. The minimum absolute atomic E-state index is 0.00788. The maximum atomic E-state index is 14.1. The lowest BCUT2D eigenvalue weighted by Gasteiger charge is -2.44. The van der Waals surface area contributed by atoms with Crippen LogP contribution in [0.15, 0.2) is 78.4 Å². The van der Waals surface area contributed by atoms with Gasteiger partial charge in [-0.2, -0.15) is 0 Å². The van der Waals surface area contributed by atoms with Crippen molar-refractivity contribution >= 4 is 40.6 Å². The molecule has 1 fully saturated rings. The van der Waals surface area contributed by atoms with Crippen LogP contribution in [-0.4, -0.2) is 67.0 Å². The number of likely N-dealkylation sites (N-methyl/N-ethyl adjacent to an activating group) is 1. The number of amides is 2. The van der Waals surface area contributed by atoms with E-state index in [0.29, 0.717) is 43.4 Å². The van der Waals surface area contributed by atoms with E-state index in [-0.39, 0.29) is 29.8 Å². The van der Waals surface area contributed by atoms with Crippen LogP contribution in [0, 0.1) is 0 Å². The van der Waals surface area contributed by atoms with Gasteiger partial charge in [0.2, 0.25) is 5.91 Å². The smallest absolute Gasteiger partial charge is 0.251 e. The average Bonchev–Trinajstić information content (AvgIpc) is 3.02. The molecule has 8 heteroatoms. The van der Waals surface area contributed by atoms with Crippen LogP contribution in [0.25, 0.3) is 5.57 Å². The number of nitrogens with one attached hydrogen (secondary N) is 1. The molecule has 6 nitrogen and oxygen atoms in total. The third kappa shape index (κ3) is 7.66. The van der Waals surface area contributed by atoms with E-state index in [1.807, 2.05) is 59.3 Å². The van der Waals surface area contributed by atoms with Crippen LogP contribution in [0.2, 0.25) is 10.0 Å². The predicted molar refractivity (Wildman–Crippen MR) is 178 cm³/mol. The number of carbonyl (C=O) groups is 2. The Kier molecular flexibility index (Phi) is 10.7. The molecule has 0 unspecified atom stereocenters. The van der Waals surface area contributed by atoms with Gasteiger partial charge < -0.3 is 19.9 Å². The van der Waals surface area contributed by atoms with Crippen LogP contribution in [-0.2, 0) is 16.0 Å². The molecule has 44 heavy (non-hydrogen) atoms. The van der Waals surface area contributed by atoms with E-state index in [9.17, 15) is 9.59 Å². The van der Waals surface area contributed by atoms with Crippen LogP contribution in [0.1, 0.15) is 55.7 Å². The molecule has 2 bridgehead atoms. The van der Waals surface area contributed by atoms with Crippen molar-refractivity contribution in [1.29, 1.82) is 0 Å². The van der Waals surface area contributed by atoms with E-state index in [1.165, 1.54) is 5.56 Å². The monoisotopic (exact) mass is 633 g/mol. The Labute approximate surface area is 271 Å². The lowest BCUT2D eigenvalue weighted by molar-refractivity contribution is -0.132. The number of hydrogen-bond donors (Lipinski definition) is 1. The zero-order valence-corrected chi connectivity index (χ0v) is 27.2. The number of carbonyl (C=O) groups excluding carboxylic acids is 2. The van der Waals surface area contributed by atoms with Gasteiger partial charge in [0.15, 0.2) is 0 Å². The zero-order valence-electron chi connectivity index (χ0n) is 25.7. The van der Waals surface area contributed by atoms with Gasteiger partial charge in [-0.05, 0) is 72.1 Å². The SMILES string of the molecule is CC(=O)N1C[C@H]2CC(c3ccc(CCCOc4ccccc4Cl)cc3)=C(C(=O)N(C)CC[C@H](C)c3ccccc3Cl)[C@@H](C1)N2. The molecular formula is C36H41Cl2N3O3. The minimum atomic E-state index is -0.209. The maximum Gasteiger partial charge on any atom is 0.251 e. The van der Waals surface area contributed by atoms with Crippen LogP contribution in [0.3, 0.4) is 0 Å². The minimum Gasteiger partial charge on any atom is -0.492 e. The van der Waals surface area contributed by atoms with E-state index < -0.39 is 0 Å².